The van der Waals surface area contributed by atoms with Crippen molar-refractivity contribution in [3.63, 3.8) is 0 Å². The van der Waals surface area contributed by atoms with Crippen molar-refractivity contribution >= 4 is 32.6 Å². The highest BCUT2D eigenvalue weighted by atomic mass is 14.7. The van der Waals surface area contributed by atoms with E-state index in [0.717, 1.165) is 0 Å². The van der Waals surface area contributed by atoms with Crippen molar-refractivity contribution < 1.29 is 0 Å². The number of hydrogen-bond acceptors (Lipinski definition) is 0. The molecule has 1 N–H and O–H groups in total. The van der Waals surface area contributed by atoms with Crippen molar-refractivity contribution in [1.82, 2.24) is 4.98 Å². The molecule has 2 aliphatic carbocycles. The number of benzene rings is 6. The van der Waals surface area contributed by atoms with Gasteiger partial charge in [0.2, 0.25) is 0 Å². The molecule has 1 aromatic heterocycles. The topological polar surface area (TPSA) is 15.8 Å². The molecule has 2 aliphatic rings. The highest BCUT2D eigenvalue weighted by molar-refractivity contribution is 6.18. The smallest absolute Gasteiger partial charge is 0.0725 e. The molecular formula is C36H23N. The first-order valence-electron chi connectivity index (χ1n) is 13.0. The predicted octanol–water partition coefficient (Wildman–Crippen LogP) is 9.13. The highest BCUT2D eigenvalue weighted by Crippen LogP contribution is 2.63. The van der Waals surface area contributed by atoms with Gasteiger partial charge in [0.05, 0.1) is 10.9 Å². The van der Waals surface area contributed by atoms with Crippen LogP contribution in [0.15, 0.2) is 115 Å². The van der Waals surface area contributed by atoms with Crippen LogP contribution in [-0.4, -0.2) is 4.98 Å². The first-order chi connectivity index (χ1) is 18.3. The van der Waals surface area contributed by atoms with Gasteiger partial charge in [-0.2, -0.15) is 0 Å². The van der Waals surface area contributed by atoms with Crippen LogP contribution in [0.4, 0.5) is 0 Å². The van der Waals surface area contributed by atoms with Gasteiger partial charge < -0.3 is 4.98 Å². The van der Waals surface area contributed by atoms with Crippen molar-refractivity contribution in [2.24, 2.45) is 0 Å². The van der Waals surface area contributed by atoms with Gasteiger partial charge in [0.25, 0.3) is 0 Å². The molecule has 1 spiro atoms. The molecule has 1 nitrogen and oxygen atoms in total. The van der Waals surface area contributed by atoms with Crippen LogP contribution in [-0.2, 0) is 5.41 Å². The van der Waals surface area contributed by atoms with Gasteiger partial charge in [0.15, 0.2) is 0 Å². The monoisotopic (exact) mass is 469 g/mol. The van der Waals surface area contributed by atoms with Crippen molar-refractivity contribution in [1.29, 1.82) is 0 Å². The maximum absolute atomic E-state index is 3.82. The summed E-state index contributed by atoms with van der Waals surface area (Å²) >= 11 is 0. The summed E-state index contributed by atoms with van der Waals surface area (Å²) in [4.78, 5) is 3.82. The summed E-state index contributed by atoms with van der Waals surface area (Å²) in [5.74, 6) is 0. The molecule has 1 heteroatoms. The number of fused-ring (bicyclic) bond motifs is 15. The van der Waals surface area contributed by atoms with Gasteiger partial charge in [-0.15, -0.1) is 0 Å². The van der Waals surface area contributed by atoms with Crippen molar-refractivity contribution in [2.75, 3.05) is 0 Å². The SMILES string of the molecule is Cc1cccc2c1-c1cc3[nH]c4c5ccccc5ccc4c3cc1C21c2ccccc2-c2ccccc21. The maximum Gasteiger partial charge on any atom is 0.0725 e. The largest absolute Gasteiger partial charge is 0.354 e. The van der Waals surface area contributed by atoms with Crippen molar-refractivity contribution in [3.05, 3.63) is 143 Å². The van der Waals surface area contributed by atoms with Crippen molar-refractivity contribution in [3.8, 4) is 22.3 Å². The fraction of sp³-hybridized carbons (Fsp3) is 0.0556. The van der Waals surface area contributed by atoms with E-state index in [1.54, 1.807) is 0 Å². The van der Waals surface area contributed by atoms with E-state index in [1.165, 1.54) is 82.6 Å². The van der Waals surface area contributed by atoms with Crippen LogP contribution in [0.1, 0.15) is 27.8 Å². The molecule has 6 aromatic carbocycles. The van der Waals surface area contributed by atoms with Gasteiger partial charge in [-0.05, 0) is 74.5 Å². The molecule has 0 saturated carbocycles. The molecule has 0 amide bonds. The summed E-state index contributed by atoms with van der Waals surface area (Å²) in [5.41, 5.74) is 14.5. The first kappa shape index (κ1) is 19.6. The summed E-state index contributed by atoms with van der Waals surface area (Å²) in [6.07, 6.45) is 0. The zero-order valence-electron chi connectivity index (χ0n) is 20.5. The van der Waals surface area contributed by atoms with Gasteiger partial charge in [-0.1, -0.05) is 103 Å². The van der Waals surface area contributed by atoms with E-state index in [9.17, 15) is 0 Å². The van der Waals surface area contributed by atoms with E-state index in [-0.39, 0.29) is 5.41 Å². The molecule has 0 atom stereocenters. The standard InChI is InChI=1S/C36H23N/c1-21-9-8-16-31-34(21)28-20-33-27(26-18-17-22-10-2-3-11-23(22)35(26)37-33)19-32(28)36(31)29-14-6-4-12-24(29)25-13-5-7-15-30(25)36/h2-20,37H,1H3. The fourth-order valence-corrected chi connectivity index (χ4v) is 7.51. The van der Waals surface area contributed by atoms with E-state index < -0.39 is 0 Å². The maximum atomic E-state index is 3.82. The molecule has 0 unspecified atom stereocenters. The quantitative estimate of drug-likeness (QED) is 0.228. The normalized spacial score (nSPS) is 14.3. The molecule has 37 heavy (non-hydrogen) atoms. The van der Waals surface area contributed by atoms with Gasteiger partial charge in [0.1, 0.15) is 0 Å². The second-order valence-corrected chi connectivity index (χ2v) is 10.6. The molecular weight excluding hydrogens is 446 g/mol. The van der Waals surface area contributed by atoms with E-state index in [4.69, 9.17) is 0 Å². The molecule has 1 heterocycles. The third kappa shape index (κ3) is 2.18. The Morgan fingerprint density at radius 1 is 0.514 bits per heavy atom. The third-order valence-electron chi connectivity index (χ3n) is 8.94. The third-order valence-corrected chi connectivity index (χ3v) is 8.94. The van der Waals surface area contributed by atoms with Gasteiger partial charge >= 0.3 is 0 Å². The lowest BCUT2D eigenvalue weighted by Crippen LogP contribution is -2.25. The first-order valence-corrected chi connectivity index (χ1v) is 13.0. The zero-order valence-corrected chi connectivity index (χ0v) is 20.5. The molecule has 172 valence electrons. The van der Waals surface area contributed by atoms with E-state index >= 15 is 0 Å². The highest BCUT2D eigenvalue weighted by Gasteiger charge is 2.52. The Balaban J connectivity index is 1.50. The summed E-state index contributed by atoms with van der Waals surface area (Å²) in [7, 11) is 0. The molecule has 9 rings (SSSR count). The van der Waals surface area contributed by atoms with Crippen LogP contribution < -0.4 is 0 Å². The predicted molar refractivity (Wildman–Crippen MR) is 154 cm³/mol. The lowest BCUT2D eigenvalue weighted by atomic mass is 9.70. The minimum Gasteiger partial charge on any atom is -0.354 e. The van der Waals surface area contributed by atoms with Gasteiger partial charge in [-0.3, -0.25) is 0 Å². The summed E-state index contributed by atoms with van der Waals surface area (Å²) < 4.78 is 0. The Kier molecular flexibility index (Phi) is 3.47. The van der Waals surface area contributed by atoms with E-state index in [0.29, 0.717) is 0 Å². The molecule has 7 aromatic rings. The molecule has 0 aliphatic heterocycles. The second kappa shape index (κ2) is 6.57. The Morgan fingerprint density at radius 2 is 1.22 bits per heavy atom. The summed E-state index contributed by atoms with van der Waals surface area (Å²) in [6, 6.07) is 43.1. The Morgan fingerprint density at radius 3 is 2.03 bits per heavy atom. The lowest BCUT2D eigenvalue weighted by Gasteiger charge is -2.30. The summed E-state index contributed by atoms with van der Waals surface area (Å²) in [6.45, 7) is 2.26. The molecule has 0 radical (unpaired) electrons. The van der Waals surface area contributed by atoms with Crippen LogP contribution in [0.2, 0.25) is 0 Å². The lowest BCUT2D eigenvalue weighted by molar-refractivity contribution is 0.794. The number of rotatable bonds is 0. The Labute approximate surface area is 215 Å². The van der Waals surface area contributed by atoms with Crippen LogP contribution >= 0.6 is 0 Å². The average molecular weight is 470 g/mol. The summed E-state index contributed by atoms with van der Waals surface area (Å²) in [5, 5.41) is 5.13. The molecule has 0 fully saturated rings. The van der Waals surface area contributed by atoms with Crippen LogP contribution in [0.25, 0.3) is 54.8 Å². The van der Waals surface area contributed by atoms with Crippen molar-refractivity contribution in [2.45, 2.75) is 12.3 Å². The minimum absolute atomic E-state index is 0.307. The van der Waals surface area contributed by atoms with Gasteiger partial charge in [0, 0.05) is 21.7 Å². The van der Waals surface area contributed by atoms with Crippen LogP contribution in [0.3, 0.4) is 0 Å². The van der Waals surface area contributed by atoms with Gasteiger partial charge in [-0.25, -0.2) is 0 Å². The number of H-pyrrole nitrogens is 1. The average Bonchev–Trinajstić information content (AvgIpc) is 3.56. The minimum atomic E-state index is -0.307. The molecule has 0 bridgehead atoms. The number of aromatic nitrogens is 1. The van der Waals surface area contributed by atoms with Crippen LogP contribution in [0, 0.1) is 6.92 Å². The van der Waals surface area contributed by atoms with Crippen LogP contribution in [0.5, 0.6) is 0 Å². The van der Waals surface area contributed by atoms with E-state index in [2.05, 4.69) is 127 Å². The number of aryl methyl sites for hydroxylation is 1. The second-order valence-electron chi connectivity index (χ2n) is 10.6. The Hall–Kier alpha value is -4.62. The number of hydrogen-bond donors (Lipinski definition) is 1. The molecule has 0 saturated heterocycles. The van der Waals surface area contributed by atoms with E-state index in [1.807, 2.05) is 0 Å². The fourth-order valence-electron chi connectivity index (χ4n) is 7.51. The Bertz CT molecular complexity index is 2060. The number of aromatic amines is 1. The number of nitrogens with one attached hydrogen (secondary N) is 1. The zero-order chi connectivity index (χ0) is 24.3.